The first kappa shape index (κ1) is 18.1. The molecule has 0 radical (unpaired) electrons. The van der Waals surface area contributed by atoms with Crippen LogP contribution in [0.15, 0.2) is 24.3 Å². The molecule has 2 fully saturated rings. The Bertz CT molecular complexity index is 511. The molecular weight excluding hydrogens is 312 g/mol. The van der Waals surface area contributed by atoms with Crippen LogP contribution in [0.3, 0.4) is 0 Å². The highest BCUT2D eigenvalue weighted by molar-refractivity contribution is 5.85. The molecule has 2 atom stereocenters. The van der Waals surface area contributed by atoms with Gasteiger partial charge < -0.3 is 15.4 Å². The number of ether oxygens (including phenoxy) is 1. The minimum absolute atomic E-state index is 0. The van der Waals surface area contributed by atoms with Crippen molar-refractivity contribution in [1.82, 2.24) is 10.6 Å². The number of hydrogen-bond acceptors (Lipinski definition) is 3. The summed E-state index contributed by atoms with van der Waals surface area (Å²) in [6.45, 7) is 2.64. The van der Waals surface area contributed by atoms with Gasteiger partial charge in [0.15, 0.2) is 0 Å². The Balaban J connectivity index is 0.00000192. The van der Waals surface area contributed by atoms with Crippen LogP contribution in [0.5, 0.6) is 5.75 Å². The highest BCUT2D eigenvalue weighted by atomic mass is 35.5. The summed E-state index contributed by atoms with van der Waals surface area (Å²) >= 11 is 0. The maximum atomic E-state index is 12.0. The molecule has 0 aromatic heterocycles. The summed E-state index contributed by atoms with van der Waals surface area (Å²) in [6.07, 6.45) is 6.01. The van der Waals surface area contributed by atoms with E-state index >= 15 is 0 Å². The van der Waals surface area contributed by atoms with Crippen molar-refractivity contribution < 1.29 is 9.53 Å². The monoisotopic (exact) mass is 338 g/mol. The van der Waals surface area contributed by atoms with E-state index in [0.29, 0.717) is 31.2 Å². The lowest BCUT2D eigenvalue weighted by molar-refractivity contribution is -0.122. The molecule has 2 saturated heterocycles. The third kappa shape index (κ3) is 5.40. The Hall–Kier alpha value is -1.26. The molecule has 2 aliphatic heterocycles. The fourth-order valence-corrected chi connectivity index (χ4v) is 3.60. The molecule has 1 aromatic rings. The number of carbonyl (C=O) groups is 1. The summed E-state index contributed by atoms with van der Waals surface area (Å²) in [6, 6.07) is 9.62. The standard InChI is InChI=1S/C18H26N2O2.ClH/c1-13-4-2-5-17(10-13)22-9-3-6-18(21)20-16-11-14-7-8-15(12-16)19-14;/h2,4-5,10,14-16,19H,3,6-9,11-12H2,1H3,(H,20,21);1H. The zero-order valence-corrected chi connectivity index (χ0v) is 14.5. The van der Waals surface area contributed by atoms with Crippen LogP contribution < -0.4 is 15.4 Å². The average molecular weight is 339 g/mol. The fraction of sp³-hybridized carbons (Fsp3) is 0.611. The molecule has 0 spiro atoms. The Kier molecular flexibility index (Phi) is 6.72. The smallest absolute Gasteiger partial charge is 0.220 e. The number of nitrogens with one attached hydrogen (secondary N) is 2. The number of fused-ring (bicyclic) bond motifs is 2. The second-order valence-corrected chi connectivity index (χ2v) is 6.64. The van der Waals surface area contributed by atoms with Gasteiger partial charge in [-0.05, 0) is 56.7 Å². The van der Waals surface area contributed by atoms with Crippen molar-refractivity contribution >= 4 is 18.3 Å². The van der Waals surface area contributed by atoms with Gasteiger partial charge in [0.1, 0.15) is 5.75 Å². The van der Waals surface area contributed by atoms with Crippen LogP contribution in [0.25, 0.3) is 0 Å². The van der Waals surface area contributed by atoms with E-state index in [1.807, 2.05) is 31.2 Å². The summed E-state index contributed by atoms with van der Waals surface area (Å²) in [5, 5.41) is 6.79. The summed E-state index contributed by atoms with van der Waals surface area (Å²) in [5.41, 5.74) is 1.19. The fourth-order valence-electron chi connectivity index (χ4n) is 3.60. The number of aryl methyl sites for hydroxylation is 1. The molecule has 0 saturated carbocycles. The molecule has 2 N–H and O–H groups in total. The van der Waals surface area contributed by atoms with Crippen molar-refractivity contribution in [1.29, 1.82) is 0 Å². The third-order valence-corrected chi connectivity index (χ3v) is 4.64. The molecule has 2 unspecified atom stereocenters. The first-order valence-corrected chi connectivity index (χ1v) is 8.44. The minimum atomic E-state index is 0. The van der Waals surface area contributed by atoms with E-state index in [0.717, 1.165) is 25.0 Å². The molecule has 1 aromatic carbocycles. The van der Waals surface area contributed by atoms with Crippen molar-refractivity contribution in [3.8, 4) is 5.75 Å². The van der Waals surface area contributed by atoms with Crippen molar-refractivity contribution in [3.63, 3.8) is 0 Å². The average Bonchev–Trinajstić information content (AvgIpc) is 2.83. The molecule has 128 valence electrons. The number of benzene rings is 1. The van der Waals surface area contributed by atoms with Gasteiger partial charge in [-0.3, -0.25) is 4.79 Å². The molecule has 2 heterocycles. The van der Waals surface area contributed by atoms with Gasteiger partial charge in [0.05, 0.1) is 6.61 Å². The van der Waals surface area contributed by atoms with Gasteiger partial charge in [0.2, 0.25) is 5.91 Å². The lowest BCUT2D eigenvalue weighted by Crippen LogP contribution is -2.48. The van der Waals surface area contributed by atoms with E-state index in [1.165, 1.54) is 18.4 Å². The van der Waals surface area contributed by atoms with Crippen LogP contribution in [0.2, 0.25) is 0 Å². The van der Waals surface area contributed by atoms with Crippen molar-refractivity contribution in [2.45, 2.75) is 63.6 Å². The number of halogens is 1. The van der Waals surface area contributed by atoms with Crippen LogP contribution in [0.4, 0.5) is 0 Å². The number of hydrogen-bond donors (Lipinski definition) is 2. The maximum Gasteiger partial charge on any atom is 0.220 e. The Morgan fingerprint density at radius 2 is 2.04 bits per heavy atom. The topological polar surface area (TPSA) is 50.4 Å². The van der Waals surface area contributed by atoms with Gasteiger partial charge in [-0.15, -0.1) is 12.4 Å². The SMILES string of the molecule is Cc1cccc(OCCCC(=O)NC2CC3CCC(C2)N3)c1.Cl. The summed E-state index contributed by atoms with van der Waals surface area (Å²) < 4.78 is 5.68. The van der Waals surface area contributed by atoms with E-state index in [-0.39, 0.29) is 18.3 Å². The number of piperidine rings is 1. The Labute approximate surface area is 144 Å². The van der Waals surface area contributed by atoms with Crippen LogP contribution in [-0.4, -0.2) is 30.6 Å². The van der Waals surface area contributed by atoms with Crippen LogP contribution in [0, 0.1) is 6.92 Å². The van der Waals surface area contributed by atoms with Crippen molar-refractivity contribution in [2.75, 3.05) is 6.61 Å². The zero-order valence-electron chi connectivity index (χ0n) is 13.7. The molecule has 5 heteroatoms. The van der Waals surface area contributed by atoms with Gasteiger partial charge in [0.25, 0.3) is 0 Å². The molecule has 23 heavy (non-hydrogen) atoms. The second kappa shape index (κ2) is 8.55. The van der Waals surface area contributed by atoms with E-state index < -0.39 is 0 Å². The molecule has 0 aliphatic carbocycles. The molecule has 1 amide bonds. The van der Waals surface area contributed by atoms with E-state index in [1.54, 1.807) is 0 Å². The maximum absolute atomic E-state index is 12.0. The molecule has 4 nitrogen and oxygen atoms in total. The molecular formula is C18H27ClN2O2. The second-order valence-electron chi connectivity index (χ2n) is 6.64. The molecule has 3 rings (SSSR count). The quantitative estimate of drug-likeness (QED) is 0.784. The predicted molar refractivity (Wildman–Crippen MR) is 94.3 cm³/mol. The normalized spacial score (nSPS) is 25.5. The third-order valence-electron chi connectivity index (χ3n) is 4.64. The summed E-state index contributed by atoms with van der Waals surface area (Å²) in [7, 11) is 0. The predicted octanol–water partition coefficient (Wildman–Crippen LogP) is 2.98. The van der Waals surface area contributed by atoms with Gasteiger partial charge in [-0.25, -0.2) is 0 Å². The van der Waals surface area contributed by atoms with Crippen LogP contribution in [-0.2, 0) is 4.79 Å². The van der Waals surface area contributed by atoms with Crippen molar-refractivity contribution in [3.05, 3.63) is 29.8 Å². The number of amides is 1. The molecule has 2 aliphatic rings. The van der Waals surface area contributed by atoms with E-state index in [2.05, 4.69) is 10.6 Å². The largest absolute Gasteiger partial charge is 0.494 e. The van der Waals surface area contributed by atoms with Gasteiger partial charge in [-0.2, -0.15) is 0 Å². The first-order chi connectivity index (χ1) is 10.7. The van der Waals surface area contributed by atoms with Crippen molar-refractivity contribution in [2.24, 2.45) is 0 Å². The molecule has 2 bridgehead atoms. The number of rotatable bonds is 6. The van der Waals surface area contributed by atoms with Crippen LogP contribution >= 0.6 is 12.4 Å². The van der Waals surface area contributed by atoms with Gasteiger partial charge in [0, 0.05) is 24.5 Å². The first-order valence-electron chi connectivity index (χ1n) is 8.44. The highest BCUT2D eigenvalue weighted by Crippen LogP contribution is 2.26. The Morgan fingerprint density at radius 3 is 2.74 bits per heavy atom. The number of carbonyl (C=O) groups excluding carboxylic acids is 1. The lowest BCUT2D eigenvalue weighted by atomic mass is 9.99. The van der Waals surface area contributed by atoms with E-state index in [4.69, 9.17) is 4.74 Å². The van der Waals surface area contributed by atoms with E-state index in [9.17, 15) is 4.79 Å². The highest BCUT2D eigenvalue weighted by Gasteiger charge is 2.33. The zero-order chi connectivity index (χ0) is 15.4. The summed E-state index contributed by atoms with van der Waals surface area (Å²) in [5.74, 6) is 1.05. The Morgan fingerprint density at radius 1 is 1.30 bits per heavy atom. The minimum Gasteiger partial charge on any atom is -0.494 e. The van der Waals surface area contributed by atoms with Gasteiger partial charge in [-0.1, -0.05) is 12.1 Å². The lowest BCUT2D eigenvalue weighted by Gasteiger charge is -2.29. The summed E-state index contributed by atoms with van der Waals surface area (Å²) in [4.78, 5) is 12.0. The van der Waals surface area contributed by atoms with Gasteiger partial charge >= 0.3 is 0 Å². The van der Waals surface area contributed by atoms with Crippen LogP contribution in [0.1, 0.15) is 44.1 Å².